The van der Waals surface area contributed by atoms with Gasteiger partial charge in [0.15, 0.2) is 0 Å². The van der Waals surface area contributed by atoms with Crippen LogP contribution in [-0.2, 0) is 0 Å². The maximum absolute atomic E-state index is 5.55. The summed E-state index contributed by atoms with van der Waals surface area (Å²) in [5.41, 5.74) is 4.54. The van der Waals surface area contributed by atoms with Crippen molar-refractivity contribution in [3.05, 3.63) is 80.3 Å². The molecule has 5 aromatic rings. The van der Waals surface area contributed by atoms with Crippen LogP contribution in [0, 0.1) is 3.57 Å². The number of aliphatic imine (C=N–C) groups is 1. The molecule has 6 nitrogen and oxygen atoms in total. The number of amidine groups is 1. The minimum Gasteiger partial charge on any atom is -0.334 e. The van der Waals surface area contributed by atoms with Crippen molar-refractivity contribution >= 4 is 92.2 Å². The second-order valence-corrected chi connectivity index (χ2v) is 17.7. The molecule has 4 aliphatic rings. The molecule has 6 heterocycles. The average Bonchev–Trinajstić information content (AvgIpc) is 3.75. The lowest BCUT2D eigenvalue weighted by molar-refractivity contribution is 0.442. The summed E-state index contributed by atoms with van der Waals surface area (Å²) in [4.78, 5) is 21.7. The van der Waals surface area contributed by atoms with Gasteiger partial charge < -0.3 is 13.8 Å². The van der Waals surface area contributed by atoms with E-state index in [2.05, 4.69) is 105 Å². The van der Waals surface area contributed by atoms with Crippen molar-refractivity contribution in [3.8, 4) is 0 Å². The van der Waals surface area contributed by atoms with E-state index in [1.165, 1.54) is 123 Å². The number of hydrogen-bond acceptors (Lipinski definition) is 6. The lowest BCUT2D eigenvalue weighted by atomic mass is 9.85. The van der Waals surface area contributed by atoms with Gasteiger partial charge >= 0.3 is 7.12 Å². The first kappa shape index (κ1) is 33.2. The molecule has 0 aliphatic carbocycles. The van der Waals surface area contributed by atoms with E-state index in [4.69, 9.17) is 15.0 Å². The summed E-state index contributed by atoms with van der Waals surface area (Å²) >= 11 is 6.46. The van der Waals surface area contributed by atoms with Gasteiger partial charge in [-0.15, -0.1) is 23.5 Å². The number of rotatable bonds is 16. The van der Waals surface area contributed by atoms with E-state index in [-0.39, 0.29) is 13.3 Å². The largest absolute Gasteiger partial charge is 0.522 e. The fourth-order valence-electron chi connectivity index (χ4n) is 8.31. The van der Waals surface area contributed by atoms with Crippen molar-refractivity contribution in [2.75, 3.05) is 11.5 Å². The van der Waals surface area contributed by atoms with Crippen LogP contribution in [0.15, 0.2) is 79.4 Å². The molecular formula is C40H44BIN6S2. The molecule has 2 aromatic heterocycles. The number of fused-ring (bicyclic) bond motifs is 9. The second-order valence-electron chi connectivity index (χ2n) is 14.2. The Labute approximate surface area is 317 Å². The first-order valence-corrected chi connectivity index (χ1v) is 21.9. The molecule has 0 radical (unpaired) electrons. The van der Waals surface area contributed by atoms with Crippen LogP contribution >= 0.6 is 46.1 Å². The van der Waals surface area contributed by atoms with E-state index < -0.39 is 0 Å². The monoisotopic (exact) mass is 810 g/mol. The number of halogens is 1. The van der Waals surface area contributed by atoms with Crippen molar-refractivity contribution in [1.29, 1.82) is 0 Å². The smallest absolute Gasteiger partial charge is 0.334 e. The van der Waals surface area contributed by atoms with Crippen LogP contribution in [0.5, 0.6) is 0 Å². The van der Waals surface area contributed by atoms with Crippen LogP contribution in [-0.4, -0.2) is 38.2 Å². The molecule has 0 saturated carbocycles. The fraction of sp³-hybridized carbons (Fsp3) is 0.425. The van der Waals surface area contributed by atoms with Gasteiger partial charge in [-0.1, -0.05) is 90.2 Å². The Bertz CT molecular complexity index is 2280. The molecule has 0 spiro atoms. The number of unbranched alkanes of at least 4 members (excludes halogenated alkanes) is 10. The van der Waals surface area contributed by atoms with Gasteiger partial charge in [0, 0.05) is 46.0 Å². The Kier molecular flexibility index (Phi) is 9.31. The average molecular weight is 811 g/mol. The summed E-state index contributed by atoms with van der Waals surface area (Å²) in [7, 11) is -0.0982. The van der Waals surface area contributed by atoms with E-state index >= 15 is 0 Å². The van der Waals surface area contributed by atoms with E-state index in [9.17, 15) is 0 Å². The van der Waals surface area contributed by atoms with E-state index in [0.29, 0.717) is 0 Å². The molecule has 1 atom stereocenters. The molecule has 0 bridgehead atoms. The molecular weight excluding hydrogens is 766 g/mol. The Morgan fingerprint density at radius 3 is 2.12 bits per heavy atom. The van der Waals surface area contributed by atoms with E-state index in [0.717, 1.165) is 40.0 Å². The third-order valence-corrected chi connectivity index (χ3v) is 13.9. The number of nitrogens with zero attached hydrogens (tertiary/aromatic N) is 6. The van der Waals surface area contributed by atoms with Crippen molar-refractivity contribution in [1.82, 2.24) is 13.8 Å². The van der Waals surface area contributed by atoms with Crippen LogP contribution in [0.4, 0.5) is 11.6 Å². The van der Waals surface area contributed by atoms with Crippen LogP contribution in [0.3, 0.4) is 0 Å². The highest BCUT2D eigenvalue weighted by Gasteiger charge is 2.53. The highest BCUT2D eigenvalue weighted by Crippen LogP contribution is 2.49. The zero-order valence-electron chi connectivity index (χ0n) is 29.1. The van der Waals surface area contributed by atoms with Gasteiger partial charge in [0.1, 0.15) is 34.6 Å². The third-order valence-electron chi connectivity index (χ3n) is 10.8. The molecule has 9 rings (SSSR count). The van der Waals surface area contributed by atoms with Crippen molar-refractivity contribution in [3.63, 3.8) is 0 Å². The van der Waals surface area contributed by atoms with E-state index in [1.54, 1.807) is 0 Å². The summed E-state index contributed by atoms with van der Waals surface area (Å²) in [6, 6.07) is 20.6. The Morgan fingerprint density at radius 2 is 1.36 bits per heavy atom. The number of aromatic nitrogens is 2. The first-order chi connectivity index (χ1) is 24.7. The predicted molar refractivity (Wildman–Crippen MR) is 221 cm³/mol. The Balaban J connectivity index is 1.12. The fourth-order valence-corrected chi connectivity index (χ4v) is 11.0. The molecule has 50 heavy (non-hydrogen) atoms. The lowest BCUT2D eigenvalue weighted by Crippen LogP contribution is -2.63. The molecule has 1 unspecified atom stereocenters. The summed E-state index contributed by atoms with van der Waals surface area (Å²) < 4.78 is 6.01. The molecule has 0 fully saturated rings. The minimum absolute atomic E-state index is 0.0982. The van der Waals surface area contributed by atoms with Crippen LogP contribution in [0.25, 0.3) is 21.5 Å². The minimum atomic E-state index is -0.118. The number of benzene rings is 3. The van der Waals surface area contributed by atoms with Gasteiger partial charge in [0.25, 0.3) is 0 Å². The van der Waals surface area contributed by atoms with Gasteiger partial charge in [-0.2, -0.15) is 0 Å². The molecule has 0 saturated heterocycles. The molecule has 10 heteroatoms. The maximum Gasteiger partial charge on any atom is 0.522 e. The van der Waals surface area contributed by atoms with Gasteiger partial charge in [-0.25, -0.2) is 15.0 Å². The van der Waals surface area contributed by atoms with Gasteiger partial charge in [-0.3, -0.25) is 0 Å². The highest BCUT2D eigenvalue weighted by molar-refractivity contribution is 14.1. The summed E-state index contributed by atoms with van der Waals surface area (Å²) in [5, 5.41) is 4.78. The van der Waals surface area contributed by atoms with Crippen LogP contribution in [0.2, 0.25) is 0 Å². The number of hydrogen-bond donors (Lipinski definition) is 0. The molecule has 4 aliphatic heterocycles. The quantitative estimate of drug-likeness (QED) is 0.0432. The van der Waals surface area contributed by atoms with Crippen molar-refractivity contribution in [2.24, 2.45) is 15.0 Å². The van der Waals surface area contributed by atoms with Gasteiger partial charge in [-0.05, 0) is 89.4 Å². The molecule has 0 N–H and O–H groups in total. The predicted octanol–water partition coefficient (Wildman–Crippen LogP) is 10.8. The lowest BCUT2D eigenvalue weighted by Gasteiger charge is -2.39. The SMILES string of the molecule is CCCCCCCCSc1ccc2c(c1)C1N=c3c4cccc(I)c4c4n3B3N1C2=Nc1c2ccc(SCCCCCCCC)cc2c(n13)N=4. The normalized spacial score (nSPS) is 16.1. The summed E-state index contributed by atoms with van der Waals surface area (Å²) in [5.74, 6) is 5.40. The maximum atomic E-state index is 5.55. The zero-order chi connectivity index (χ0) is 33.8. The Hall–Kier alpha value is -2.70. The second kappa shape index (κ2) is 14.0. The van der Waals surface area contributed by atoms with E-state index in [1.807, 2.05) is 23.5 Å². The van der Waals surface area contributed by atoms with Crippen molar-refractivity contribution in [2.45, 2.75) is 107 Å². The van der Waals surface area contributed by atoms with Crippen LogP contribution < -0.4 is 11.0 Å². The summed E-state index contributed by atoms with van der Waals surface area (Å²) in [6.07, 6.45) is 15.8. The third kappa shape index (κ3) is 5.49. The number of thioether (sulfide) groups is 2. The van der Waals surface area contributed by atoms with Gasteiger partial charge in [0.05, 0.1) is 0 Å². The molecule has 0 amide bonds. The molecule has 256 valence electrons. The summed E-state index contributed by atoms with van der Waals surface area (Å²) in [6.45, 7) is 4.57. The molecule has 3 aromatic carbocycles. The standard InChI is InChI=1S/C40H44BIN6S2/c1-3-5-7-9-11-13-22-49-26-18-20-28-31(24-26)38-44-37-30-16-15-17-33(42)34(30)40-45-39-32-25-27(50-23-14-12-10-8-6-4-2)19-21-29(32)36-43-35(28)46(38)41(47(36)39)48(37)40/h15-21,24-25,38H,3-14,22-23H2,1-2H3. The Morgan fingerprint density at radius 1 is 0.680 bits per heavy atom. The van der Waals surface area contributed by atoms with Gasteiger partial charge in [0.2, 0.25) is 0 Å². The topological polar surface area (TPSA) is 50.2 Å². The highest BCUT2D eigenvalue weighted by atomic mass is 127. The first-order valence-electron chi connectivity index (χ1n) is 18.9. The zero-order valence-corrected chi connectivity index (χ0v) is 32.9. The van der Waals surface area contributed by atoms with Crippen LogP contribution in [0.1, 0.15) is 108 Å². The van der Waals surface area contributed by atoms with Crippen molar-refractivity contribution < 1.29 is 0 Å².